The molecular formula is C12H8ClN5O2. The summed E-state index contributed by atoms with van der Waals surface area (Å²) in [5, 5.41) is 20.2. The molecule has 0 saturated carbocycles. The topological polar surface area (TPSA) is 93.7 Å². The molecule has 0 aliphatic carbocycles. The number of tetrazole rings is 1. The van der Waals surface area contributed by atoms with Gasteiger partial charge >= 0.3 is 5.97 Å². The summed E-state index contributed by atoms with van der Waals surface area (Å²) in [7, 11) is 1.28. The maximum Gasteiger partial charge on any atom is 0.330 e. The normalized spacial score (nSPS) is 10.4. The van der Waals surface area contributed by atoms with Crippen molar-refractivity contribution in [1.82, 2.24) is 20.2 Å². The molecular weight excluding hydrogens is 282 g/mol. The number of rotatable bonds is 3. The highest BCUT2D eigenvalue weighted by atomic mass is 35.5. The Bertz CT molecular complexity index is 717. The number of halogens is 1. The zero-order valence-electron chi connectivity index (χ0n) is 10.3. The first kappa shape index (κ1) is 13.7. The van der Waals surface area contributed by atoms with Crippen molar-refractivity contribution in [1.29, 1.82) is 5.26 Å². The number of carbonyl (C=O) groups is 1. The summed E-state index contributed by atoms with van der Waals surface area (Å²) in [6.45, 7) is 0. The number of aromatic nitrogens is 4. The average molecular weight is 290 g/mol. The molecule has 20 heavy (non-hydrogen) atoms. The van der Waals surface area contributed by atoms with Crippen LogP contribution in [0.4, 0.5) is 0 Å². The highest BCUT2D eigenvalue weighted by Gasteiger charge is 2.11. The second-order valence-electron chi connectivity index (χ2n) is 3.59. The van der Waals surface area contributed by atoms with Crippen LogP contribution in [-0.4, -0.2) is 33.3 Å². The van der Waals surface area contributed by atoms with Crippen molar-refractivity contribution in [3.05, 3.63) is 40.7 Å². The zero-order valence-corrected chi connectivity index (χ0v) is 11.1. The SMILES string of the molecule is COC(=O)/C=C/c1cc(Cl)ccc1-n1nnnc1C#N. The van der Waals surface area contributed by atoms with Crippen LogP contribution in [0.3, 0.4) is 0 Å². The molecule has 0 aliphatic rings. The van der Waals surface area contributed by atoms with Crippen LogP contribution in [0, 0.1) is 11.3 Å². The fourth-order valence-electron chi connectivity index (χ4n) is 1.50. The van der Waals surface area contributed by atoms with Crippen LogP contribution in [0.2, 0.25) is 5.02 Å². The standard InChI is InChI=1S/C12H8ClN5O2/c1-20-12(19)5-2-8-6-9(13)3-4-10(8)18-11(7-14)15-16-17-18/h2-6H,1H3/b5-2+. The van der Waals surface area contributed by atoms with E-state index >= 15 is 0 Å². The minimum atomic E-state index is -0.506. The summed E-state index contributed by atoms with van der Waals surface area (Å²) >= 11 is 5.93. The van der Waals surface area contributed by atoms with E-state index < -0.39 is 5.97 Å². The van der Waals surface area contributed by atoms with E-state index in [-0.39, 0.29) is 5.82 Å². The maximum atomic E-state index is 11.1. The van der Waals surface area contributed by atoms with Crippen LogP contribution in [0.5, 0.6) is 0 Å². The van der Waals surface area contributed by atoms with Gasteiger partial charge in [0.1, 0.15) is 6.07 Å². The Kier molecular flexibility index (Phi) is 4.08. The second kappa shape index (κ2) is 5.95. The van der Waals surface area contributed by atoms with Crippen molar-refractivity contribution in [2.75, 3.05) is 7.11 Å². The zero-order chi connectivity index (χ0) is 14.5. The Morgan fingerprint density at radius 1 is 1.55 bits per heavy atom. The molecule has 0 fully saturated rings. The number of ether oxygens (including phenoxy) is 1. The number of hydrogen-bond donors (Lipinski definition) is 0. The Labute approximate surface area is 119 Å². The lowest BCUT2D eigenvalue weighted by molar-refractivity contribution is -0.134. The maximum absolute atomic E-state index is 11.1. The van der Waals surface area contributed by atoms with E-state index in [1.165, 1.54) is 23.9 Å². The molecule has 1 heterocycles. The van der Waals surface area contributed by atoms with Crippen molar-refractivity contribution >= 4 is 23.6 Å². The molecule has 1 aromatic heterocycles. The van der Waals surface area contributed by atoms with Gasteiger partial charge in [0.15, 0.2) is 0 Å². The van der Waals surface area contributed by atoms with Gasteiger partial charge < -0.3 is 4.74 Å². The molecule has 0 amide bonds. The van der Waals surface area contributed by atoms with Crippen LogP contribution < -0.4 is 0 Å². The molecule has 1 aromatic carbocycles. The van der Waals surface area contributed by atoms with Gasteiger partial charge in [-0.15, -0.1) is 0 Å². The van der Waals surface area contributed by atoms with E-state index in [0.717, 1.165) is 0 Å². The van der Waals surface area contributed by atoms with Gasteiger partial charge in [0.2, 0.25) is 0 Å². The number of carbonyl (C=O) groups excluding carboxylic acids is 1. The third kappa shape index (κ3) is 2.81. The lowest BCUT2D eigenvalue weighted by Crippen LogP contribution is -2.03. The lowest BCUT2D eigenvalue weighted by atomic mass is 10.1. The first-order valence-electron chi connectivity index (χ1n) is 5.40. The van der Waals surface area contributed by atoms with Crippen molar-refractivity contribution in [3.63, 3.8) is 0 Å². The predicted molar refractivity (Wildman–Crippen MR) is 69.9 cm³/mol. The summed E-state index contributed by atoms with van der Waals surface area (Å²) in [5.74, 6) is -0.479. The van der Waals surface area contributed by atoms with E-state index in [1.54, 1.807) is 18.2 Å². The summed E-state index contributed by atoms with van der Waals surface area (Å²) in [6, 6.07) is 6.78. The van der Waals surface area contributed by atoms with E-state index in [2.05, 4.69) is 20.3 Å². The number of methoxy groups -OCH3 is 1. The van der Waals surface area contributed by atoms with E-state index in [1.807, 2.05) is 6.07 Å². The number of nitriles is 1. The van der Waals surface area contributed by atoms with E-state index in [9.17, 15) is 4.79 Å². The van der Waals surface area contributed by atoms with Gasteiger partial charge in [0.25, 0.3) is 5.82 Å². The van der Waals surface area contributed by atoms with Gasteiger partial charge in [0.05, 0.1) is 12.8 Å². The highest BCUT2D eigenvalue weighted by Crippen LogP contribution is 2.21. The fraction of sp³-hybridized carbons (Fsp3) is 0.0833. The summed E-state index contributed by atoms with van der Waals surface area (Å²) < 4.78 is 5.78. The average Bonchev–Trinajstić information content (AvgIpc) is 2.93. The molecule has 0 aliphatic heterocycles. The van der Waals surface area contributed by atoms with E-state index in [0.29, 0.717) is 16.3 Å². The molecule has 0 spiro atoms. The van der Waals surface area contributed by atoms with Crippen LogP contribution >= 0.6 is 11.6 Å². The van der Waals surface area contributed by atoms with Crippen molar-refractivity contribution in [2.24, 2.45) is 0 Å². The summed E-state index contributed by atoms with van der Waals surface area (Å²) in [5.41, 5.74) is 1.10. The fourth-order valence-corrected chi connectivity index (χ4v) is 1.68. The Morgan fingerprint density at radius 2 is 2.35 bits per heavy atom. The highest BCUT2D eigenvalue weighted by molar-refractivity contribution is 6.30. The van der Waals surface area contributed by atoms with Gasteiger partial charge in [-0.05, 0) is 34.7 Å². The summed E-state index contributed by atoms with van der Waals surface area (Å²) in [6.07, 6.45) is 2.75. The number of esters is 1. The summed E-state index contributed by atoms with van der Waals surface area (Å²) in [4.78, 5) is 11.1. The first-order valence-corrected chi connectivity index (χ1v) is 5.78. The molecule has 100 valence electrons. The molecule has 0 unspecified atom stereocenters. The minimum Gasteiger partial charge on any atom is -0.466 e. The smallest absolute Gasteiger partial charge is 0.330 e. The molecule has 0 saturated heterocycles. The quantitative estimate of drug-likeness (QED) is 0.626. The minimum absolute atomic E-state index is 0.0278. The third-order valence-corrected chi connectivity index (χ3v) is 2.62. The largest absolute Gasteiger partial charge is 0.466 e. The molecule has 0 N–H and O–H groups in total. The van der Waals surface area contributed by atoms with Crippen molar-refractivity contribution < 1.29 is 9.53 Å². The van der Waals surface area contributed by atoms with Gasteiger partial charge in [-0.3, -0.25) is 0 Å². The molecule has 0 bridgehead atoms. The lowest BCUT2D eigenvalue weighted by Gasteiger charge is -2.06. The Balaban J connectivity index is 2.52. The molecule has 0 atom stereocenters. The van der Waals surface area contributed by atoms with E-state index in [4.69, 9.17) is 16.9 Å². The number of benzene rings is 1. The van der Waals surface area contributed by atoms with Gasteiger partial charge in [-0.2, -0.15) is 9.94 Å². The molecule has 2 aromatic rings. The van der Waals surface area contributed by atoms with Crippen LogP contribution in [0.1, 0.15) is 11.4 Å². The van der Waals surface area contributed by atoms with Gasteiger partial charge in [-0.25, -0.2) is 4.79 Å². The first-order chi connectivity index (χ1) is 9.65. The number of nitrogens with zero attached hydrogens (tertiary/aromatic N) is 5. The third-order valence-electron chi connectivity index (χ3n) is 2.39. The van der Waals surface area contributed by atoms with Crippen LogP contribution in [0.15, 0.2) is 24.3 Å². The molecule has 2 rings (SSSR count). The Hall–Kier alpha value is -2.72. The van der Waals surface area contributed by atoms with Crippen molar-refractivity contribution in [2.45, 2.75) is 0 Å². The van der Waals surface area contributed by atoms with Crippen LogP contribution in [-0.2, 0) is 9.53 Å². The predicted octanol–water partition coefficient (Wildman–Crippen LogP) is 1.37. The Morgan fingerprint density at radius 3 is 3.05 bits per heavy atom. The molecule has 8 heteroatoms. The monoisotopic (exact) mass is 289 g/mol. The number of hydrogen-bond acceptors (Lipinski definition) is 6. The molecule has 0 radical (unpaired) electrons. The van der Waals surface area contributed by atoms with Crippen molar-refractivity contribution in [3.8, 4) is 11.8 Å². The molecule has 7 nitrogen and oxygen atoms in total. The van der Waals surface area contributed by atoms with Crippen LogP contribution in [0.25, 0.3) is 11.8 Å². The van der Waals surface area contributed by atoms with Gasteiger partial charge in [0, 0.05) is 16.7 Å². The second-order valence-corrected chi connectivity index (χ2v) is 4.02. The van der Waals surface area contributed by atoms with Gasteiger partial charge in [-0.1, -0.05) is 16.7 Å².